The maximum absolute atomic E-state index is 12.1. The summed E-state index contributed by atoms with van der Waals surface area (Å²) in [5, 5.41) is 18.9. The monoisotopic (exact) mass is 314 g/mol. The number of aromatic carboxylic acids is 1. The van der Waals surface area contributed by atoms with E-state index in [0.717, 1.165) is 24.3 Å². The standard InChI is InChI=1S/C17H18N2O4/c1-18-13(10-14(20)15(16(18)21)17(22)23)11-4-6-12(7-5-11)19-8-2-3-9-19/h4-7,10,20H,2-3,8-9H2,1H3,(H,22,23). The van der Waals surface area contributed by atoms with Crippen molar-refractivity contribution in [3.05, 3.63) is 46.2 Å². The fraction of sp³-hybridized carbons (Fsp3) is 0.294. The van der Waals surface area contributed by atoms with Gasteiger partial charge in [0.2, 0.25) is 0 Å². The van der Waals surface area contributed by atoms with Crippen molar-refractivity contribution in [1.29, 1.82) is 0 Å². The Balaban J connectivity index is 2.02. The van der Waals surface area contributed by atoms with Gasteiger partial charge >= 0.3 is 5.97 Å². The first-order chi connectivity index (χ1) is 11.0. The Labute approximate surface area is 133 Å². The summed E-state index contributed by atoms with van der Waals surface area (Å²) < 4.78 is 1.24. The first kappa shape index (κ1) is 15.1. The zero-order valence-electron chi connectivity index (χ0n) is 12.8. The quantitative estimate of drug-likeness (QED) is 0.906. The van der Waals surface area contributed by atoms with Crippen LogP contribution in [-0.4, -0.2) is 33.8 Å². The van der Waals surface area contributed by atoms with E-state index in [9.17, 15) is 14.7 Å². The van der Waals surface area contributed by atoms with E-state index >= 15 is 0 Å². The molecule has 0 atom stereocenters. The van der Waals surface area contributed by atoms with Crippen LogP contribution in [-0.2, 0) is 7.05 Å². The number of pyridine rings is 1. The molecule has 1 aromatic carbocycles. The average Bonchev–Trinajstić information content (AvgIpc) is 3.05. The Hall–Kier alpha value is -2.76. The van der Waals surface area contributed by atoms with E-state index < -0.39 is 22.8 Å². The van der Waals surface area contributed by atoms with Gasteiger partial charge in [-0.25, -0.2) is 4.79 Å². The molecule has 1 saturated heterocycles. The van der Waals surface area contributed by atoms with Gasteiger partial charge in [0.15, 0.2) is 5.56 Å². The number of benzene rings is 1. The van der Waals surface area contributed by atoms with E-state index in [1.165, 1.54) is 30.5 Å². The van der Waals surface area contributed by atoms with Crippen LogP contribution >= 0.6 is 0 Å². The highest BCUT2D eigenvalue weighted by Crippen LogP contribution is 2.27. The van der Waals surface area contributed by atoms with Gasteiger partial charge in [-0.05, 0) is 30.5 Å². The molecule has 0 radical (unpaired) electrons. The lowest BCUT2D eigenvalue weighted by Gasteiger charge is -2.18. The molecule has 6 nitrogen and oxygen atoms in total. The van der Waals surface area contributed by atoms with E-state index in [1.54, 1.807) is 0 Å². The predicted octanol–water partition coefficient (Wildman–Crippen LogP) is 2.06. The van der Waals surface area contributed by atoms with Gasteiger partial charge in [0.25, 0.3) is 5.56 Å². The van der Waals surface area contributed by atoms with Crippen molar-refractivity contribution >= 4 is 11.7 Å². The number of hydrogen-bond donors (Lipinski definition) is 2. The molecule has 23 heavy (non-hydrogen) atoms. The largest absolute Gasteiger partial charge is 0.507 e. The van der Waals surface area contributed by atoms with Crippen LogP contribution in [0.5, 0.6) is 5.75 Å². The molecule has 0 unspecified atom stereocenters. The normalized spacial score (nSPS) is 14.2. The minimum absolute atomic E-state index is 0.477. The Morgan fingerprint density at radius 1 is 1.13 bits per heavy atom. The summed E-state index contributed by atoms with van der Waals surface area (Å²) in [7, 11) is 1.50. The molecule has 0 aliphatic carbocycles. The van der Waals surface area contributed by atoms with Crippen molar-refractivity contribution in [3.8, 4) is 17.0 Å². The van der Waals surface area contributed by atoms with E-state index in [0.29, 0.717) is 5.69 Å². The van der Waals surface area contributed by atoms with E-state index in [2.05, 4.69) is 4.90 Å². The second-order valence-corrected chi connectivity index (χ2v) is 5.70. The van der Waals surface area contributed by atoms with Crippen LogP contribution in [0.15, 0.2) is 35.1 Å². The molecule has 1 aromatic heterocycles. The SMILES string of the molecule is Cn1c(-c2ccc(N3CCCC3)cc2)cc(O)c(C(=O)O)c1=O. The van der Waals surface area contributed by atoms with Gasteiger partial charge in [0, 0.05) is 31.9 Å². The molecule has 1 aliphatic rings. The third kappa shape index (κ3) is 2.67. The lowest BCUT2D eigenvalue weighted by molar-refractivity contribution is 0.0691. The van der Waals surface area contributed by atoms with Crippen molar-refractivity contribution in [2.45, 2.75) is 12.8 Å². The molecule has 1 fully saturated rings. The topological polar surface area (TPSA) is 82.8 Å². The number of nitrogens with zero attached hydrogens (tertiary/aromatic N) is 2. The minimum Gasteiger partial charge on any atom is -0.507 e. The molecule has 2 aromatic rings. The molecular formula is C17H18N2O4. The molecule has 0 spiro atoms. The molecule has 1 aliphatic heterocycles. The minimum atomic E-state index is -1.43. The number of anilines is 1. The Bertz CT molecular complexity index is 803. The number of carboxylic acids is 1. The average molecular weight is 314 g/mol. The van der Waals surface area contributed by atoms with Crippen LogP contribution in [0.3, 0.4) is 0 Å². The third-order valence-corrected chi connectivity index (χ3v) is 4.26. The van der Waals surface area contributed by atoms with Crippen LogP contribution in [0.25, 0.3) is 11.3 Å². The predicted molar refractivity (Wildman–Crippen MR) is 87.2 cm³/mol. The van der Waals surface area contributed by atoms with Gasteiger partial charge < -0.3 is 19.7 Å². The maximum atomic E-state index is 12.1. The van der Waals surface area contributed by atoms with Crippen LogP contribution in [0, 0.1) is 0 Å². The van der Waals surface area contributed by atoms with Gasteiger partial charge in [-0.15, -0.1) is 0 Å². The number of aromatic hydroxyl groups is 1. The molecule has 0 amide bonds. The van der Waals surface area contributed by atoms with E-state index in [4.69, 9.17) is 5.11 Å². The summed E-state index contributed by atoms with van der Waals surface area (Å²) in [5.74, 6) is -1.95. The van der Waals surface area contributed by atoms with Crippen LogP contribution < -0.4 is 10.5 Å². The molecular weight excluding hydrogens is 296 g/mol. The van der Waals surface area contributed by atoms with Gasteiger partial charge in [-0.2, -0.15) is 0 Å². The first-order valence-electron chi connectivity index (χ1n) is 7.50. The highest BCUT2D eigenvalue weighted by molar-refractivity contribution is 5.91. The number of carboxylic acid groups (broad SMARTS) is 1. The highest BCUT2D eigenvalue weighted by Gasteiger charge is 2.19. The Morgan fingerprint density at radius 2 is 1.74 bits per heavy atom. The first-order valence-corrected chi connectivity index (χ1v) is 7.50. The molecule has 0 bridgehead atoms. The van der Waals surface area contributed by atoms with E-state index in [1.807, 2.05) is 24.3 Å². The summed E-state index contributed by atoms with van der Waals surface area (Å²) >= 11 is 0. The maximum Gasteiger partial charge on any atom is 0.345 e. The smallest absolute Gasteiger partial charge is 0.345 e. The number of hydrogen-bond acceptors (Lipinski definition) is 4. The zero-order chi connectivity index (χ0) is 16.6. The fourth-order valence-electron chi connectivity index (χ4n) is 2.98. The summed E-state index contributed by atoms with van der Waals surface area (Å²) in [4.78, 5) is 25.5. The van der Waals surface area contributed by atoms with Gasteiger partial charge in [0.1, 0.15) is 5.75 Å². The molecule has 120 valence electrons. The summed E-state index contributed by atoms with van der Waals surface area (Å²) in [6, 6.07) is 9.03. The van der Waals surface area contributed by atoms with Crippen molar-refractivity contribution in [1.82, 2.24) is 4.57 Å². The second-order valence-electron chi connectivity index (χ2n) is 5.70. The number of aromatic nitrogens is 1. The Kier molecular flexibility index (Phi) is 3.82. The third-order valence-electron chi connectivity index (χ3n) is 4.26. The van der Waals surface area contributed by atoms with Gasteiger partial charge in [0.05, 0.1) is 5.69 Å². The second kappa shape index (κ2) is 5.79. The number of rotatable bonds is 3. The highest BCUT2D eigenvalue weighted by atomic mass is 16.4. The lowest BCUT2D eigenvalue weighted by atomic mass is 10.1. The molecule has 0 saturated carbocycles. The molecule has 2 heterocycles. The van der Waals surface area contributed by atoms with E-state index in [-0.39, 0.29) is 0 Å². The Morgan fingerprint density at radius 3 is 2.30 bits per heavy atom. The van der Waals surface area contributed by atoms with Crippen LogP contribution in [0.4, 0.5) is 5.69 Å². The fourth-order valence-corrected chi connectivity index (χ4v) is 2.98. The summed E-state index contributed by atoms with van der Waals surface area (Å²) in [6.45, 7) is 2.10. The van der Waals surface area contributed by atoms with Crippen molar-refractivity contribution in [2.24, 2.45) is 7.05 Å². The zero-order valence-corrected chi connectivity index (χ0v) is 12.8. The summed E-state index contributed by atoms with van der Waals surface area (Å²) in [5.41, 5.74) is 1.02. The van der Waals surface area contributed by atoms with Crippen molar-refractivity contribution < 1.29 is 15.0 Å². The van der Waals surface area contributed by atoms with Gasteiger partial charge in [-0.3, -0.25) is 4.79 Å². The van der Waals surface area contributed by atoms with Gasteiger partial charge in [-0.1, -0.05) is 12.1 Å². The van der Waals surface area contributed by atoms with Crippen LogP contribution in [0.2, 0.25) is 0 Å². The van der Waals surface area contributed by atoms with Crippen LogP contribution in [0.1, 0.15) is 23.2 Å². The molecule has 6 heteroatoms. The van der Waals surface area contributed by atoms with Crippen molar-refractivity contribution in [3.63, 3.8) is 0 Å². The lowest BCUT2D eigenvalue weighted by Crippen LogP contribution is -2.25. The summed E-state index contributed by atoms with van der Waals surface area (Å²) in [6.07, 6.45) is 2.39. The molecule has 3 rings (SSSR count). The number of carbonyl (C=O) groups is 1. The molecule has 2 N–H and O–H groups in total. The van der Waals surface area contributed by atoms with Crippen molar-refractivity contribution in [2.75, 3.05) is 18.0 Å².